The van der Waals surface area contributed by atoms with E-state index in [0.29, 0.717) is 17.7 Å². The standard InChI is InChI=1S/C12H13N5O/c1-8-3-2-4-10(14-8)11(18)15-12-16-13-7-17(12)9-5-6-9/h2-4,7,9H,5-6H2,1H3,(H,15,16,18). The number of amides is 1. The lowest BCUT2D eigenvalue weighted by Gasteiger charge is -2.06. The number of aromatic nitrogens is 4. The molecule has 0 radical (unpaired) electrons. The highest BCUT2D eigenvalue weighted by Crippen LogP contribution is 2.36. The third kappa shape index (κ3) is 2.09. The Morgan fingerprint density at radius 3 is 3.00 bits per heavy atom. The Morgan fingerprint density at radius 1 is 1.44 bits per heavy atom. The molecule has 0 saturated heterocycles. The van der Waals surface area contributed by atoms with Crippen molar-refractivity contribution in [3.05, 3.63) is 35.9 Å². The first kappa shape index (κ1) is 10.9. The Kier molecular flexibility index (Phi) is 2.55. The van der Waals surface area contributed by atoms with Gasteiger partial charge in [-0.3, -0.25) is 14.7 Å². The van der Waals surface area contributed by atoms with Crippen LogP contribution in [0.15, 0.2) is 24.5 Å². The summed E-state index contributed by atoms with van der Waals surface area (Å²) in [6.07, 6.45) is 3.88. The number of pyridine rings is 1. The molecule has 0 aromatic carbocycles. The van der Waals surface area contributed by atoms with Crippen molar-refractivity contribution in [2.45, 2.75) is 25.8 Å². The highest BCUT2D eigenvalue weighted by Gasteiger charge is 2.26. The molecule has 6 heteroatoms. The second-order valence-electron chi connectivity index (χ2n) is 4.41. The fourth-order valence-electron chi connectivity index (χ4n) is 1.79. The predicted octanol–water partition coefficient (Wildman–Crippen LogP) is 1.57. The number of hydrogen-bond acceptors (Lipinski definition) is 4. The maximum Gasteiger partial charge on any atom is 0.276 e. The van der Waals surface area contributed by atoms with Gasteiger partial charge in [-0.1, -0.05) is 6.07 Å². The van der Waals surface area contributed by atoms with Crippen LogP contribution in [0.5, 0.6) is 0 Å². The zero-order chi connectivity index (χ0) is 12.5. The lowest BCUT2D eigenvalue weighted by atomic mass is 10.3. The highest BCUT2D eigenvalue weighted by molar-refractivity contribution is 6.01. The third-order valence-electron chi connectivity index (χ3n) is 2.86. The molecule has 18 heavy (non-hydrogen) atoms. The maximum atomic E-state index is 12.0. The Morgan fingerprint density at radius 2 is 2.28 bits per heavy atom. The summed E-state index contributed by atoms with van der Waals surface area (Å²) in [5, 5.41) is 10.5. The van der Waals surface area contributed by atoms with Crippen molar-refractivity contribution < 1.29 is 4.79 Å². The first-order chi connectivity index (χ1) is 8.74. The number of nitrogens with one attached hydrogen (secondary N) is 1. The minimum atomic E-state index is -0.256. The van der Waals surface area contributed by atoms with Gasteiger partial charge in [0.25, 0.3) is 5.91 Å². The van der Waals surface area contributed by atoms with E-state index in [1.54, 1.807) is 12.4 Å². The molecule has 1 saturated carbocycles. The van der Waals surface area contributed by atoms with Crippen LogP contribution in [0.4, 0.5) is 5.95 Å². The summed E-state index contributed by atoms with van der Waals surface area (Å²) in [5.41, 5.74) is 1.20. The van der Waals surface area contributed by atoms with Gasteiger partial charge in [-0.2, -0.15) is 0 Å². The number of rotatable bonds is 3. The van der Waals surface area contributed by atoms with Crippen molar-refractivity contribution in [2.24, 2.45) is 0 Å². The monoisotopic (exact) mass is 243 g/mol. The van der Waals surface area contributed by atoms with Crippen LogP contribution in [0.1, 0.15) is 35.1 Å². The minimum absolute atomic E-state index is 0.256. The van der Waals surface area contributed by atoms with E-state index in [9.17, 15) is 4.79 Å². The number of nitrogens with zero attached hydrogens (tertiary/aromatic N) is 4. The van der Waals surface area contributed by atoms with E-state index in [2.05, 4.69) is 20.5 Å². The van der Waals surface area contributed by atoms with Gasteiger partial charge in [-0.25, -0.2) is 4.98 Å². The average molecular weight is 243 g/mol. The van der Waals surface area contributed by atoms with Crippen LogP contribution < -0.4 is 5.32 Å². The topological polar surface area (TPSA) is 72.7 Å². The molecule has 0 spiro atoms. The molecule has 6 nitrogen and oxygen atoms in total. The molecule has 0 bridgehead atoms. The van der Waals surface area contributed by atoms with E-state index >= 15 is 0 Å². The molecule has 1 aliphatic carbocycles. The van der Waals surface area contributed by atoms with E-state index in [0.717, 1.165) is 18.5 Å². The van der Waals surface area contributed by atoms with Crippen molar-refractivity contribution in [3.8, 4) is 0 Å². The number of hydrogen-bond donors (Lipinski definition) is 1. The summed E-state index contributed by atoms with van der Waals surface area (Å²) in [7, 11) is 0. The van der Waals surface area contributed by atoms with E-state index in [-0.39, 0.29) is 5.91 Å². The number of carbonyl (C=O) groups is 1. The van der Waals surface area contributed by atoms with Crippen LogP contribution >= 0.6 is 0 Å². The van der Waals surface area contributed by atoms with Crippen LogP contribution in [0.2, 0.25) is 0 Å². The van der Waals surface area contributed by atoms with Gasteiger partial charge in [0.2, 0.25) is 5.95 Å². The van der Waals surface area contributed by atoms with Crippen LogP contribution in [-0.2, 0) is 0 Å². The SMILES string of the molecule is Cc1cccc(C(=O)Nc2nncn2C2CC2)n1. The molecule has 2 aromatic rings. The van der Waals surface area contributed by atoms with Crippen molar-refractivity contribution in [3.63, 3.8) is 0 Å². The molecule has 0 atom stereocenters. The van der Waals surface area contributed by atoms with Crippen LogP contribution in [0, 0.1) is 6.92 Å². The molecule has 0 unspecified atom stereocenters. The van der Waals surface area contributed by atoms with E-state index in [1.165, 1.54) is 0 Å². The summed E-state index contributed by atoms with van der Waals surface area (Å²) in [4.78, 5) is 16.2. The Labute approximate surface area is 104 Å². The molecule has 0 aliphatic heterocycles. The Hall–Kier alpha value is -2.24. The fraction of sp³-hybridized carbons (Fsp3) is 0.333. The lowest BCUT2D eigenvalue weighted by Crippen LogP contribution is -2.17. The molecule has 1 aliphatic rings. The normalized spacial score (nSPS) is 14.5. The first-order valence-corrected chi connectivity index (χ1v) is 5.88. The van der Waals surface area contributed by atoms with Gasteiger partial charge in [0.05, 0.1) is 0 Å². The highest BCUT2D eigenvalue weighted by atomic mass is 16.2. The van der Waals surface area contributed by atoms with E-state index in [4.69, 9.17) is 0 Å². The van der Waals surface area contributed by atoms with Crippen LogP contribution in [0.3, 0.4) is 0 Å². The zero-order valence-electron chi connectivity index (χ0n) is 10.00. The summed E-state index contributed by atoms with van der Waals surface area (Å²) in [6.45, 7) is 1.85. The Bertz CT molecular complexity index is 588. The van der Waals surface area contributed by atoms with Gasteiger partial charge in [-0.15, -0.1) is 10.2 Å². The second kappa shape index (κ2) is 4.21. The van der Waals surface area contributed by atoms with Gasteiger partial charge in [0.1, 0.15) is 12.0 Å². The molecule has 2 aromatic heterocycles. The van der Waals surface area contributed by atoms with Gasteiger partial charge in [0, 0.05) is 11.7 Å². The van der Waals surface area contributed by atoms with E-state index < -0.39 is 0 Å². The van der Waals surface area contributed by atoms with Gasteiger partial charge in [0.15, 0.2) is 0 Å². The molecule has 92 valence electrons. The zero-order valence-corrected chi connectivity index (χ0v) is 10.00. The Balaban J connectivity index is 1.79. The fourth-order valence-corrected chi connectivity index (χ4v) is 1.79. The molecule has 1 fully saturated rings. The molecule has 2 heterocycles. The number of anilines is 1. The summed E-state index contributed by atoms with van der Waals surface area (Å²) < 4.78 is 1.90. The smallest absolute Gasteiger partial charge is 0.276 e. The summed E-state index contributed by atoms with van der Waals surface area (Å²) in [5.74, 6) is 0.236. The van der Waals surface area contributed by atoms with Gasteiger partial charge in [-0.05, 0) is 31.9 Å². The molecule has 1 amide bonds. The second-order valence-corrected chi connectivity index (χ2v) is 4.41. The maximum absolute atomic E-state index is 12.0. The van der Waals surface area contributed by atoms with Crippen molar-refractivity contribution in [1.29, 1.82) is 0 Å². The summed E-state index contributed by atoms with van der Waals surface area (Å²) >= 11 is 0. The molecular formula is C12H13N5O. The van der Waals surface area contributed by atoms with Crippen molar-refractivity contribution >= 4 is 11.9 Å². The van der Waals surface area contributed by atoms with Crippen molar-refractivity contribution in [1.82, 2.24) is 19.7 Å². The minimum Gasteiger partial charge on any atom is -0.297 e. The molecule has 1 N–H and O–H groups in total. The largest absolute Gasteiger partial charge is 0.297 e. The number of carbonyl (C=O) groups excluding carboxylic acids is 1. The predicted molar refractivity (Wildman–Crippen MR) is 65.2 cm³/mol. The third-order valence-corrected chi connectivity index (χ3v) is 2.86. The van der Waals surface area contributed by atoms with Crippen LogP contribution in [-0.4, -0.2) is 25.7 Å². The van der Waals surface area contributed by atoms with E-state index in [1.807, 2.05) is 23.6 Å². The van der Waals surface area contributed by atoms with Gasteiger partial charge >= 0.3 is 0 Å². The average Bonchev–Trinajstić information content (AvgIpc) is 3.10. The quantitative estimate of drug-likeness (QED) is 0.888. The van der Waals surface area contributed by atoms with Gasteiger partial charge < -0.3 is 0 Å². The molecule has 3 rings (SSSR count). The first-order valence-electron chi connectivity index (χ1n) is 5.88. The van der Waals surface area contributed by atoms with Crippen LogP contribution in [0.25, 0.3) is 0 Å². The molecular weight excluding hydrogens is 230 g/mol. The lowest BCUT2D eigenvalue weighted by molar-refractivity contribution is 0.102. The van der Waals surface area contributed by atoms with Crippen molar-refractivity contribution in [2.75, 3.05) is 5.32 Å². The number of aryl methyl sites for hydroxylation is 1. The summed E-state index contributed by atoms with van der Waals surface area (Å²) in [6, 6.07) is 5.77.